The molecule has 0 bridgehead atoms. The van der Waals surface area contributed by atoms with Gasteiger partial charge in [-0.05, 0) is 109 Å². The fourth-order valence-corrected chi connectivity index (χ4v) is 9.08. The molecule has 10 rings (SSSR count). The zero-order valence-corrected chi connectivity index (χ0v) is 28.3. The summed E-state index contributed by atoms with van der Waals surface area (Å²) in [5.41, 5.74) is 18.1. The molecule has 1 aliphatic carbocycles. The van der Waals surface area contributed by atoms with E-state index in [1.807, 2.05) is 11.3 Å². The Morgan fingerprint density at radius 2 is 0.840 bits per heavy atom. The first kappa shape index (κ1) is 28.9. The van der Waals surface area contributed by atoms with Gasteiger partial charge in [-0.15, -0.1) is 11.3 Å². The molecule has 0 saturated carbocycles. The molecule has 0 saturated heterocycles. The SMILES string of the molecule is c1ccc(-c2ccc(-c3cccc(-c4ccc5c(c4)-c4cccc(-c6cccc(-c7cccc8c7sc7ccccc78)c6)c4C5)c3)cc2)cc1. The van der Waals surface area contributed by atoms with Gasteiger partial charge in [0.2, 0.25) is 0 Å². The first-order valence-corrected chi connectivity index (χ1v) is 18.1. The predicted octanol–water partition coefficient (Wildman–Crippen LogP) is 14.0. The molecule has 8 aromatic carbocycles. The quantitative estimate of drug-likeness (QED) is 0.174. The van der Waals surface area contributed by atoms with Crippen LogP contribution in [0, 0.1) is 0 Å². The van der Waals surface area contributed by atoms with Crippen molar-refractivity contribution >= 4 is 31.5 Å². The van der Waals surface area contributed by atoms with Gasteiger partial charge in [0.15, 0.2) is 0 Å². The van der Waals surface area contributed by atoms with E-state index in [2.05, 4.69) is 182 Å². The summed E-state index contributed by atoms with van der Waals surface area (Å²) in [4.78, 5) is 0. The van der Waals surface area contributed by atoms with Crippen LogP contribution in [0.4, 0.5) is 0 Å². The molecule has 0 spiro atoms. The number of hydrogen-bond acceptors (Lipinski definition) is 1. The molecule has 0 nitrogen and oxygen atoms in total. The third-order valence-electron chi connectivity index (χ3n) is 10.4. The lowest BCUT2D eigenvalue weighted by Gasteiger charge is -2.12. The number of rotatable bonds is 5. The molecule has 0 unspecified atom stereocenters. The topological polar surface area (TPSA) is 0 Å². The van der Waals surface area contributed by atoms with Crippen molar-refractivity contribution in [2.45, 2.75) is 6.42 Å². The zero-order chi connectivity index (χ0) is 33.0. The molecule has 0 amide bonds. The number of fused-ring (bicyclic) bond motifs is 6. The molecule has 50 heavy (non-hydrogen) atoms. The molecule has 1 heteroatoms. The lowest BCUT2D eigenvalue weighted by atomic mass is 9.93. The standard InChI is InChI=1S/C49H32S/c1-2-10-32(11-3-1)33-22-24-34(25-23-33)35-12-6-13-36(28-35)37-26-27-40-31-47-41(17-8-19-43(47)46(40)30-37)38-14-7-15-39(29-38)42-18-9-20-45-44-16-4-5-21-48(44)50-49(42)45/h1-30H,31H2. The predicted molar refractivity (Wildman–Crippen MR) is 215 cm³/mol. The summed E-state index contributed by atoms with van der Waals surface area (Å²) in [5, 5.41) is 2.68. The number of benzene rings is 8. The summed E-state index contributed by atoms with van der Waals surface area (Å²) < 4.78 is 2.70. The summed E-state index contributed by atoms with van der Waals surface area (Å²) in [6, 6.07) is 67.0. The highest BCUT2D eigenvalue weighted by atomic mass is 32.1. The second-order valence-corrected chi connectivity index (χ2v) is 14.3. The van der Waals surface area contributed by atoms with Crippen molar-refractivity contribution in [3.05, 3.63) is 193 Å². The molecule has 0 fully saturated rings. The van der Waals surface area contributed by atoms with Gasteiger partial charge in [-0.3, -0.25) is 0 Å². The van der Waals surface area contributed by atoms with Gasteiger partial charge in [-0.1, -0.05) is 158 Å². The van der Waals surface area contributed by atoms with Crippen LogP contribution in [0.3, 0.4) is 0 Å². The third kappa shape index (κ3) is 4.90. The minimum Gasteiger partial charge on any atom is -0.135 e. The first-order chi connectivity index (χ1) is 24.8. The summed E-state index contributed by atoms with van der Waals surface area (Å²) >= 11 is 1.90. The van der Waals surface area contributed by atoms with Crippen LogP contribution < -0.4 is 0 Å². The van der Waals surface area contributed by atoms with Crippen LogP contribution in [0.2, 0.25) is 0 Å². The van der Waals surface area contributed by atoms with Gasteiger partial charge >= 0.3 is 0 Å². The Hall–Kier alpha value is -6.02. The summed E-state index contributed by atoms with van der Waals surface area (Å²) in [6.45, 7) is 0. The maximum absolute atomic E-state index is 2.40. The second kappa shape index (κ2) is 11.8. The van der Waals surface area contributed by atoms with Gasteiger partial charge in [-0.25, -0.2) is 0 Å². The van der Waals surface area contributed by atoms with Crippen LogP contribution >= 0.6 is 11.3 Å². The Morgan fingerprint density at radius 1 is 0.320 bits per heavy atom. The van der Waals surface area contributed by atoms with E-state index in [0.29, 0.717) is 0 Å². The third-order valence-corrected chi connectivity index (χ3v) is 11.6. The Labute approximate surface area is 296 Å². The van der Waals surface area contributed by atoms with E-state index in [0.717, 1.165) is 6.42 Å². The van der Waals surface area contributed by atoms with Gasteiger partial charge in [0.25, 0.3) is 0 Å². The average Bonchev–Trinajstić information content (AvgIpc) is 3.77. The smallest absolute Gasteiger partial charge is 0.0433 e. The fraction of sp³-hybridized carbons (Fsp3) is 0.0204. The molecule has 234 valence electrons. The van der Waals surface area contributed by atoms with Gasteiger partial charge in [0, 0.05) is 20.2 Å². The summed E-state index contributed by atoms with van der Waals surface area (Å²) in [7, 11) is 0. The van der Waals surface area contributed by atoms with E-state index in [9.17, 15) is 0 Å². The largest absolute Gasteiger partial charge is 0.135 e. The van der Waals surface area contributed by atoms with E-state index in [1.165, 1.54) is 98.1 Å². The van der Waals surface area contributed by atoms with E-state index >= 15 is 0 Å². The monoisotopic (exact) mass is 652 g/mol. The van der Waals surface area contributed by atoms with Gasteiger partial charge < -0.3 is 0 Å². The van der Waals surface area contributed by atoms with Crippen LogP contribution in [0.5, 0.6) is 0 Å². The minimum atomic E-state index is 0.949. The fourth-order valence-electron chi connectivity index (χ4n) is 7.84. The Kier molecular flexibility index (Phi) is 6.85. The highest BCUT2D eigenvalue weighted by Crippen LogP contribution is 2.45. The van der Waals surface area contributed by atoms with Crippen molar-refractivity contribution in [1.29, 1.82) is 0 Å². The first-order valence-electron chi connectivity index (χ1n) is 17.3. The van der Waals surface area contributed by atoms with Gasteiger partial charge in [0.1, 0.15) is 0 Å². The van der Waals surface area contributed by atoms with Crippen molar-refractivity contribution in [1.82, 2.24) is 0 Å². The average molecular weight is 653 g/mol. The van der Waals surface area contributed by atoms with Crippen LogP contribution in [-0.2, 0) is 6.42 Å². The zero-order valence-electron chi connectivity index (χ0n) is 27.4. The maximum atomic E-state index is 2.40. The summed E-state index contributed by atoms with van der Waals surface area (Å²) in [6.07, 6.45) is 0.949. The molecule has 1 heterocycles. The van der Waals surface area contributed by atoms with Crippen LogP contribution in [-0.4, -0.2) is 0 Å². The Bertz CT molecular complexity index is 2710. The van der Waals surface area contributed by atoms with Crippen molar-refractivity contribution < 1.29 is 0 Å². The minimum absolute atomic E-state index is 0.949. The highest BCUT2D eigenvalue weighted by molar-refractivity contribution is 7.26. The number of thiophene rings is 1. The normalized spacial score (nSPS) is 11.9. The van der Waals surface area contributed by atoms with E-state index in [1.54, 1.807) is 0 Å². The Morgan fingerprint density at radius 3 is 1.68 bits per heavy atom. The van der Waals surface area contributed by atoms with Crippen molar-refractivity contribution in [3.8, 4) is 66.8 Å². The van der Waals surface area contributed by atoms with E-state index < -0.39 is 0 Å². The Balaban J connectivity index is 0.986. The molecular formula is C49H32S. The van der Waals surface area contributed by atoms with E-state index in [4.69, 9.17) is 0 Å². The van der Waals surface area contributed by atoms with E-state index in [-0.39, 0.29) is 0 Å². The highest BCUT2D eigenvalue weighted by Gasteiger charge is 2.23. The second-order valence-electron chi connectivity index (χ2n) is 13.3. The number of hydrogen-bond donors (Lipinski definition) is 0. The van der Waals surface area contributed by atoms with Crippen LogP contribution in [0.25, 0.3) is 86.9 Å². The lowest BCUT2D eigenvalue weighted by Crippen LogP contribution is -1.89. The molecule has 1 aromatic heterocycles. The van der Waals surface area contributed by atoms with Crippen LogP contribution in [0.15, 0.2) is 182 Å². The van der Waals surface area contributed by atoms with Gasteiger partial charge in [-0.2, -0.15) is 0 Å². The van der Waals surface area contributed by atoms with Crippen molar-refractivity contribution in [2.24, 2.45) is 0 Å². The van der Waals surface area contributed by atoms with Crippen LogP contribution in [0.1, 0.15) is 11.1 Å². The van der Waals surface area contributed by atoms with Crippen molar-refractivity contribution in [3.63, 3.8) is 0 Å². The molecular weight excluding hydrogens is 621 g/mol. The van der Waals surface area contributed by atoms with Gasteiger partial charge in [0.05, 0.1) is 0 Å². The molecule has 0 atom stereocenters. The molecule has 9 aromatic rings. The molecule has 0 N–H and O–H groups in total. The maximum Gasteiger partial charge on any atom is 0.0433 e. The molecule has 0 aliphatic heterocycles. The molecule has 0 radical (unpaired) electrons. The van der Waals surface area contributed by atoms with Crippen molar-refractivity contribution in [2.75, 3.05) is 0 Å². The lowest BCUT2D eigenvalue weighted by molar-refractivity contribution is 1.26. The summed E-state index contributed by atoms with van der Waals surface area (Å²) in [5.74, 6) is 0. The molecule has 1 aliphatic rings.